The van der Waals surface area contributed by atoms with Crippen molar-refractivity contribution in [1.29, 1.82) is 0 Å². The van der Waals surface area contributed by atoms with E-state index in [0.717, 1.165) is 22.0 Å². The van der Waals surface area contributed by atoms with Gasteiger partial charge in [0, 0.05) is 18.9 Å². The Morgan fingerprint density at radius 3 is 2.73 bits per heavy atom. The molecule has 0 saturated heterocycles. The number of pyridine rings is 1. The predicted octanol–water partition coefficient (Wildman–Crippen LogP) is 2.88. The van der Waals surface area contributed by atoms with Gasteiger partial charge in [-0.2, -0.15) is 0 Å². The van der Waals surface area contributed by atoms with Crippen LogP contribution >= 0.6 is 0 Å². The number of aliphatic hydroxyl groups excluding tert-OH is 1. The van der Waals surface area contributed by atoms with Gasteiger partial charge in [-0.3, -0.25) is 4.79 Å². The second-order valence-corrected chi connectivity index (χ2v) is 6.30. The van der Waals surface area contributed by atoms with Crippen molar-refractivity contribution in [3.63, 3.8) is 0 Å². The molecule has 1 amide bonds. The summed E-state index contributed by atoms with van der Waals surface area (Å²) in [6, 6.07) is 19.5. The smallest absolute Gasteiger partial charge is 0.226 e. The molecular weight excluding hydrogens is 326 g/mol. The van der Waals surface area contributed by atoms with Gasteiger partial charge in [-0.15, -0.1) is 0 Å². The van der Waals surface area contributed by atoms with E-state index < -0.39 is 6.10 Å². The monoisotopic (exact) mass is 345 g/mol. The van der Waals surface area contributed by atoms with Gasteiger partial charge >= 0.3 is 0 Å². The number of carbonyl (C=O) groups is 1. The number of hydrogen-bond acceptors (Lipinski definition) is 3. The molecule has 0 saturated carbocycles. The van der Waals surface area contributed by atoms with E-state index in [4.69, 9.17) is 0 Å². The molecule has 4 aromatic rings. The van der Waals surface area contributed by atoms with E-state index in [1.165, 1.54) is 0 Å². The van der Waals surface area contributed by atoms with Crippen LogP contribution in [0.3, 0.4) is 0 Å². The van der Waals surface area contributed by atoms with Crippen LogP contribution in [-0.2, 0) is 11.2 Å². The largest absolute Gasteiger partial charge is 0.387 e. The van der Waals surface area contributed by atoms with Gasteiger partial charge in [-0.1, -0.05) is 42.5 Å². The lowest BCUT2D eigenvalue weighted by Gasteiger charge is -2.13. The predicted molar refractivity (Wildman–Crippen MR) is 101 cm³/mol. The van der Waals surface area contributed by atoms with Crippen LogP contribution in [0.15, 0.2) is 73.1 Å². The lowest BCUT2D eigenvalue weighted by molar-refractivity contribution is -0.120. The number of nitrogens with zero attached hydrogens (tertiary/aromatic N) is 2. The van der Waals surface area contributed by atoms with Crippen molar-refractivity contribution in [3.05, 3.63) is 84.3 Å². The van der Waals surface area contributed by atoms with Gasteiger partial charge in [0.1, 0.15) is 5.65 Å². The maximum atomic E-state index is 12.2. The number of fused-ring (bicyclic) bond motifs is 2. The normalized spacial score (nSPS) is 12.3. The average Bonchev–Trinajstić information content (AvgIpc) is 3.08. The molecule has 0 aliphatic heterocycles. The van der Waals surface area contributed by atoms with Crippen molar-refractivity contribution in [2.75, 3.05) is 6.54 Å². The molecule has 2 N–H and O–H groups in total. The molecule has 5 heteroatoms. The van der Waals surface area contributed by atoms with Crippen LogP contribution in [0.2, 0.25) is 0 Å². The Morgan fingerprint density at radius 2 is 1.88 bits per heavy atom. The first kappa shape index (κ1) is 16.3. The molecule has 0 aliphatic carbocycles. The Balaban J connectivity index is 1.38. The number of nitrogens with one attached hydrogen (secondary N) is 1. The molecule has 26 heavy (non-hydrogen) atoms. The summed E-state index contributed by atoms with van der Waals surface area (Å²) in [4.78, 5) is 16.6. The average molecular weight is 345 g/mol. The van der Waals surface area contributed by atoms with Gasteiger partial charge in [0.25, 0.3) is 0 Å². The van der Waals surface area contributed by atoms with Crippen LogP contribution in [-0.4, -0.2) is 26.9 Å². The van der Waals surface area contributed by atoms with Crippen molar-refractivity contribution in [1.82, 2.24) is 14.7 Å². The van der Waals surface area contributed by atoms with E-state index in [-0.39, 0.29) is 18.9 Å². The second kappa shape index (κ2) is 6.98. The maximum absolute atomic E-state index is 12.2. The van der Waals surface area contributed by atoms with Gasteiger partial charge in [-0.25, -0.2) is 4.98 Å². The lowest BCUT2D eigenvalue weighted by atomic mass is 10.0. The van der Waals surface area contributed by atoms with Gasteiger partial charge in [0.15, 0.2) is 0 Å². The van der Waals surface area contributed by atoms with Crippen LogP contribution < -0.4 is 5.32 Å². The number of rotatable bonds is 5. The standard InChI is InChI=1S/C21H19N3O2/c25-19(17-9-8-15-5-1-2-6-16(15)11-17)13-22-21(26)12-18-14-24-10-4-3-7-20(24)23-18/h1-11,14,19,25H,12-13H2,(H,22,26). The Bertz CT molecular complexity index is 1040. The molecule has 2 heterocycles. The number of aromatic nitrogens is 2. The van der Waals surface area contributed by atoms with E-state index in [1.54, 1.807) is 0 Å². The van der Waals surface area contributed by atoms with Crippen molar-refractivity contribution < 1.29 is 9.90 Å². The highest BCUT2D eigenvalue weighted by atomic mass is 16.3. The molecule has 2 aromatic carbocycles. The zero-order valence-electron chi connectivity index (χ0n) is 14.2. The summed E-state index contributed by atoms with van der Waals surface area (Å²) in [7, 11) is 0. The summed E-state index contributed by atoms with van der Waals surface area (Å²) in [5.41, 5.74) is 2.30. The molecule has 5 nitrogen and oxygen atoms in total. The third kappa shape index (κ3) is 3.43. The molecule has 0 bridgehead atoms. The molecule has 0 radical (unpaired) electrons. The summed E-state index contributed by atoms with van der Waals surface area (Å²) in [5.74, 6) is -0.159. The fraction of sp³-hybridized carbons (Fsp3) is 0.143. The van der Waals surface area contributed by atoms with Crippen molar-refractivity contribution >= 4 is 22.3 Å². The highest BCUT2D eigenvalue weighted by Crippen LogP contribution is 2.20. The van der Waals surface area contributed by atoms with Gasteiger partial charge in [0.2, 0.25) is 5.91 Å². The molecule has 0 aliphatic rings. The molecule has 0 spiro atoms. The summed E-state index contributed by atoms with van der Waals surface area (Å²) >= 11 is 0. The van der Waals surface area contributed by atoms with Gasteiger partial charge in [0.05, 0.1) is 18.2 Å². The number of amides is 1. The summed E-state index contributed by atoms with van der Waals surface area (Å²) in [6.45, 7) is 0.171. The van der Waals surface area contributed by atoms with E-state index in [1.807, 2.05) is 77.5 Å². The molecular formula is C21H19N3O2. The minimum atomic E-state index is -0.746. The van der Waals surface area contributed by atoms with Gasteiger partial charge < -0.3 is 14.8 Å². The maximum Gasteiger partial charge on any atom is 0.226 e. The molecule has 4 rings (SSSR count). The third-order valence-electron chi connectivity index (χ3n) is 4.41. The summed E-state index contributed by atoms with van der Waals surface area (Å²) in [6.07, 6.45) is 3.18. The quantitative estimate of drug-likeness (QED) is 0.584. The van der Waals surface area contributed by atoms with Crippen LogP contribution in [0.1, 0.15) is 17.4 Å². The number of imidazole rings is 1. The van der Waals surface area contributed by atoms with E-state index in [0.29, 0.717) is 5.69 Å². The second-order valence-electron chi connectivity index (χ2n) is 6.30. The number of aliphatic hydroxyl groups is 1. The van der Waals surface area contributed by atoms with Crippen LogP contribution in [0.5, 0.6) is 0 Å². The molecule has 2 aromatic heterocycles. The van der Waals surface area contributed by atoms with Crippen molar-refractivity contribution in [2.24, 2.45) is 0 Å². The van der Waals surface area contributed by atoms with E-state index in [9.17, 15) is 9.90 Å². The fourth-order valence-electron chi connectivity index (χ4n) is 3.04. The Kier molecular flexibility index (Phi) is 4.37. The number of hydrogen-bond donors (Lipinski definition) is 2. The highest BCUT2D eigenvalue weighted by molar-refractivity contribution is 5.83. The van der Waals surface area contributed by atoms with Crippen LogP contribution in [0, 0.1) is 0 Å². The minimum absolute atomic E-state index is 0.159. The first-order valence-corrected chi connectivity index (χ1v) is 8.55. The first-order chi connectivity index (χ1) is 12.7. The Morgan fingerprint density at radius 1 is 1.08 bits per heavy atom. The SMILES string of the molecule is O=C(Cc1cn2ccccc2n1)NCC(O)c1ccc2ccccc2c1. The first-order valence-electron chi connectivity index (χ1n) is 8.55. The van der Waals surface area contributed by atoms with Crippen molar-refractivity contribution in [3.8, 4) is 0 Å². The van der Waals surface area contributed by atoms with Crippen LogP contribution in [0.4, 0.5) is 0 Å². The lowest BCUT2D eigenvalue weighted by Crippen LogP contribution is -2.29. The van der Waals surface area contributed by atoms with Gasteiger partial charge in [-0.05, 0) is 34.5 Å². The summed E-state index contributed by atoms with van der Waals surface area (Å²) in [5, 5.41) is 15.4. The fourth-order valence-corrected chi connectivity index (χ4v) is 3.04. The molecule has 0 fully saturated rings. The third-order valence-corrected chi connectivity index (χ3v) is 4.41. The topological polar surface area (TPSA) is 66.6 Å². The van der Waals surface area contributed by atoms with E-state index >= 15 is 0 Å². The minimum Gasteiger partial charge on any atom is -0.387 e. The number of carbonyl (C=O) groups excluding carboxylic acids is 1. The summed E-state index contributed by atoms with van der Waals surface area (Å²) < 4.78 is 1.88. The highest BCUT2D eigenvalue weighted by Gasteiger charge is 2.12. The Hall–Kier alpha value is -3.18. The number of benzene rings is 2. The van der Waals surface area contributed by atoms with Crippen LogP contribution in [0.25, 0.3) is 16.4 Å². The molecule has 1 atom stereocenters. The molecule has 1 unspecified atom stereocenters. The molecule has 130 valence electrons. The zero-order chi connectivity index (χ0) is 17.9. The Labute approximate surface area is 150 Å². The van der Waals surface area contributed by atoms with E-state index in [2.05, 4.69) is 10.3 Å². The zero-order valence-corrected chi connectivity index (χ0v) is 14.2. The van der Waals surface area contributed by atoms with Crippen molar-refractivity contribution in [2.45, 2.75) is 12.5 Å².